The van der Waals surface area contributed by atoms with Gasteiger partial charge in [0, 0.05) is 17.0 Å². The minimum absolute atomic E-state index is 0.556. The van der Waals surface area contributed by atoms with Crippen LogP contribution in [0.3, 0.4) is 0 Å². The van der Waals surface area contributed by atoms with Crippen molar-refractivity contribution in [2.24, 2.45) is 0 Å². The number of benzene rings is 1. The highest BCUT2D eigenvalue weighted by atomic mass is 14.8. The second-order valence-electron chi connectivity index (χ2n) is 2.52. The van der Waals surface area contributed by atoms with Crippen LogP contribution in [0.2, 0.25) is 0 Å². The normalized spacial score (nSPS) is 9.08. The molecule has 0 unspecified atom stereocenters. The van der Waals surface area contributed by atoms with E-state index in [1.54, 1.807) is 13.1 Å². The quantitative estimate of drug-likeness (QED) is 0.655. The molecule has 0 saturated carbocycles. The average Bonchev–Trinajstić information content (AvgIpc) is 2.05. The van der Waals surface area contributed by atoms with E-state index in [1.165, 1.54) is 0 Å². The molecule has 2 N–H and O–H groups in total. The fraction of sp³-hybridized carbons (Fsp3) is 0.100. The zero-order valence-corrected chi connectivity index (χ0v) is 7.09. The number of nitrogens with one attached hydrogen (secondary N) is 2. The van der Waals surface area contributed by atoms with Crippen LogP contribution in [-0.2, 0) is 0 Å². The average molecular weight is 160 g/mol. The van der Waals surface area contributed by atoms with Crippen LogP contribution in [0.1, 0.15) is 12.5 Å². The zero-order chi connectivity index (χ0) is 8.97. The van der Waals surface area contributed by atoms with Gasteiger partial charge in [0.1, 0.15) is 0 Å². The molecule has 0 saturated heterocycles. The fourth-order valence-corrected chi connectivity index (χ4v) is 1.05. The van der Waals surface area contributed by atoms with Crippen molar-refractivity contribution in [2.75, 3.05) is 5.32 Å². The first-order valence-corrected chi connectivity index (χ1v) is 3.77. The molecule has 0 atom stereocenters. The van der Waals surface area contributed by atoms with Gasteiger partial charge in [-0.15, -0.1) is 0 Å². The van der Waals surface area contributed by atoms with Crippen molar-refractivity contribution >= 4 is 11.4 Å². The second kappa shape index (κ2) is 3.72. The highest BCUT2D eigenvalue weighted by molar-refractivity contribution is 6.01. The topological polar surface area (TPSA) is 35.9 Å². The van der Waals surface area contributed by atoms with E-state index in [0.29, 0.717) is 5.71 Å². The van der Waals surface area contributed by atoms with Crippen LogP contribution in [0.4, 0.5) is 5.69 Å². The first kappa shape index (κ1) is 8.53. The molecule has 1 aromatic carbocycles. The van der Waals surface area contributed by atoms with Crippen LogP contribution in [0, 0.1) is 5.41 Å². The number of para-hydroxylation sites is 1. The van der Waals surface area contributed by atoms with Gasteiger partial charge < -0.3 is 10.7 Å². The fourth-order valence-electron chi connectivity index (χ4n) is 1.05. The van der Waals surface area contributed by atoms with Gasteiger partial charge in [-0.3, -0.25) is 0 Å². The Morgan fingerprint density at radius 1 is 1.50 bits per heavy atom. The van der Waals surface area contributed by atoms with Crippen molar-refractivity contribution in [3.05, 3.63) is 42.6 Å². The summed E-state index contributed by atoms with van der Waals surface area (Å²) in [6.45, 7) is 5.34. The molecule has 0 aliphatic rings. The first-order valence-electron chi connectivity index (χ1n) is 3.77. The maximum atomic E-state index is 7.48. The second-order valence-corrected chi connectivity index (χ2v) is 2.52. The summed E-state index contributed by atoms with van der Waals surface area (Å²) in [4.78, 5) is 0. The number of anilines is 1. The van der Waals surface area contributed by atoms with Gasteiger partial charge in [-0.1, -0.05) is 24.8 Å². The Balaban J connectivity index is 3.07. The van der Waals surface area contributed by atoms with E-state index in [1.807, 2.05) is 24.3 Å². The predicted octanol–water partition coefficient (Wildman–Crippen LogP) is 2.63. The van der Waals surface area contributed by atoms with Gasteiger partial charge in [-0.05, 0) is 19.2 Å². The Morgan fingerprint density at radius 2 is 2.17 bits per heavy atom. The lowest BCUT2D eigenvalue weighted by atomic mass is 10.1. The Morgan fingerprint density at radius 3 is 2.75 bits per heavy atom. The van der Waals surface area contributed by atoms with Crippen LogP contribution < -0.4 is 5.32 Å². The zero-order valence-electron chi connectivity index (χ0n) is 7.09. The van der Waals surface area contributed by atoms with E-state index in [4.69, 9.17) is 5.41 Å². The summed E-state index contributed by atoms with van der Waals surface area (Å²) in [5.41, 5.74) is 2.40. The smallest absolute Gasteiger partial charge is 0.0471 e. The molecular formula is C10H12N2. The molecule has 0 bridgehead atoms. The highest BCUT2D eigenvalue weighted by Crippen LogP contribution is 2.14. The summed E-state index contributed by atoms with van der Waals surface area (Å²) in [5.74, 6) is 0. The number of hydrogen-bond donors (Lipinski definition) is 2. The molecule has 0 fully saturated rings. The number of rotatable bonds is 3. The van der Waals surface area contributed by atoms with Crippen LogP contribution in [0.25, 0.3) is 0 Å². The van der Waals surface area contributed by atoms with Crippen molar-refractivity contribution in [2.45, 2.75) is 6.92 Å². The van der Waals surface area contributed by atoms with Crippen LogP contribution in [-0.4, -0.2) is 5.71 Å². The van der Waals surface area contributed by atoms with E-state index in [-0.39, 0.29) is 0 Å². The summed E-state index contributed by atoms with van der Waals surface area (Å²) < 4.78 is 0. The molecule has 2 heteroatoms. The SMILES string of the molecule is C=CNc1ccccc1C(C)=N. The molecule has 1 rings (SSSR count). The molecular weight excluding hydrogens is 148 g/mol. The maximum Gasteiger partial charge on any atom is 0.0471 e. The van der Waals surface area contributed by atoms with Gasteiger partial charge in [0.05, 0.1) is 0 Å². The van der Waals surface area contributed by atoms with Gasteiger partial charge in [0.15, 0.2) is 0 Å². The lowest BCUT2D eigenvalue weighted by Gasteiger charge is -2.06. The molecule has 0 aliphatic heterocycles. The third-order valence-electron chi connectivity index (χ3n) is 1.59. The van der Waals surface area contributed by atoms with Crippen LogP contribution >= 0.6 is 0 Å². The Hall–Kier alpha value is -1.57. The third-order valence-corrected chi connectivity index (χ3v) is 1.59. The minimum Gasteiger partial charge on any atom is -0.362 e. The van der Waals surface area contributed by atoms with E-state index in [0.717, 1.165) is 11.3 Å². The molecule has 2 nitrogen and oxygen atoms in total. The van der Waals surface area contributed by atoms with Gasteiger partial charge in [-0.2, -0.15) is 0 Å². The number of hydrogen-bond acceptors (Lipinski definition) is 2. The lowest BCUT2D eigenvalue weighted by Crippen LogP contribution is -1.98. The van der Waals surface area contributed by atoms with Crippen molar-refractivity contribution in [3.63, 3.8) is 0 Å². The summed E-state index contributed by atoms with van der Waals surface area (Å²) in [6, 6.07) is 7.68. The summed E-state index contributed by atoms with van der Waals surface area (Å²) in [6.07, 6.45) is 1.61. The largest absolute Gasteiger partial charge is 0.362 e. The van der Waals surface area contributed by atoms with Crippen LogP contribution in [0.5, 0.6) is 0 Å². The van der Waals surface area contributed by atoms with Crippen LogP contribution in [0.15, 0.2) is 37.0 Å². The monoisotopic (exact) mass is 160 g/mol. The molecule has 0 spiro atoms. The lowest BCUT2D eigenvalue weighted by molar-refractivity contribution is 1.44. The molecule has 62 valence electrons. The standard InChI is InChI=1S/C10H12N2/c1-3-12-10-7-5-4-6-9(10)8(2)11/h3-7,11-12H,1H2,2H3. The molecule has 12 heavy (non-hydrogen) atoms. The van der Waals surface area contributed by atoms with Crippen molar-refractivity contribution < 1.29 is 0 Å². The predicted molar refractivity (Wildman–Crippen MR) is 52.8 cm³/mol. The van der Waals surface area contributed by atoms with Gasteiger partial charge >= 0.3 is 0 Å². The third kappa shape index (κ3) is 1.72. The molecule has 1 aromatic rings. The molecule has 0 radical (unpaired) electrons. The Bertz CT molecular complexity index is 302. The van der Waals surface area contributed by atoms with E-state index in [2.05, 4.69) is 11.9 Å². The highest BCUT2D eigenvalue weighted by Gasteiger charge is 1.99. The molecule has 0 heterocycles. The molecule has 0 amide bonds. The summed E-state index contributed by atoms with van der Waals surface area (Å²) in [5, 5.41) is 10.5. The van der Waals surface area contributed by atoms with Gasteiger partial charge in [-0.25, -0.2) is 0 Å². The van der Waals surface area contributed by atoms with Crippen molar-refractivity contribution in [1.82, 2.24) is 0 Å². The maximum absolute atomic E-state index is 7.48. The van der Waals surface area contributed by atoms with E-state index < -0.39 is 0 Å². The van der Waals surface area contributed by atoms with E-state index in [9.17, 15) is 0 Å². The van der Waals surface area contributed by atoms with Gasteiger partial charge in [0.25, 0.3) is 0 Å². The Labute approximate surface area is 72.4 Å². The minimum atomic E-state index is 0.556. The first-order chi connectivity index (χ1) is 5.75. The van der Waals surface area contributed by atoms with Gasteiger partial charge in [0.2, 0.25) is 0 Å². The Kier molecular flexibility index (Phi) is 2.64. The summed E-state index contributed by atoms with van der Waals surface area (Å²) in [7, 11) is 0. The summed E-state index contributed by atoms with van der Waals surface area (Å²) >= 11 is 0. The van der Waals surface area contributed by atoms with Crippen molar-refractivity contribution in [3.8, 4) is 0 Å². The molecule has 0 aliphatic carbocycles. The molecule has 0 aromatic heterocycles. The van der Waals surface area contributed by atoms with Crippen molar-refractivity contribution in [1.29, 1.82) is 5.41 Å². The van der Waals surface area contributed by atoms with E-state index >= 15 is 0 Å².